The average molecular weight is 259 g/mol. The predicted molar refractivity (Wildman–Crippen MR) is 73.0 cm³/mol. The molecule has 1 aliphatic rings. The first-order valence-electron chi connectivity index (χ1n) is 6.63. The van der Waals surface area contributed by atoms with E-state index in [1.165, 1.54) is 37.5 Å². The molecule has 100 valence electrons. The number of nitrogens with one attached hydrogen (secondary N) is 1. The molecule has 0 bridgehead atoms. The Morgan fingerprint density at radius 3 is 2.65 bits per heavy atom. The summed E-state index contributed by atoms with van der Waals surface area (Å²) in [6, 6.07) is 0.0214. The topological polar surface area (TPSA) is 46.2 Å². The summed E-state index contributed by atoms with van der Waals surface area (Å²) in [4.78, 5) is 0. The van der Waals surface area contributed by atoms with E-state index < -0.39 is 9.84 Å². The minimum absolute atomic E-state index is 0.0214. The highest BCUT2D eigenvalue weighted by atomic mass is 32.2. The largest absolute Gasteiger partial charge is 0.310 e. The highest BCUT2D eigenvalue weighted by Crippen LogP contribution is 2.20. The fourth-order valence-electron chi connectivity index (χ4n) is 2.38. The molecule has 17 heavy (non-hydrogen) atoms. The van der Waals surface area contributed by atoms with E-state index in [4.69, 9.17) is 0 Å². The molecule has 0 heterocycles. The lowest BCUT2D eigenvalue weighted by atomic mass is 9.95. The minimum Gasteiger partial charge on any atom is -0.310 e. The summed E-state index contributed by atoms with van der Waals surface area (Å²) in [7, 11) is -2.92. The third kappa shape index (κ3) is 6.22. The summed E-state index contributed by atoms with van der Waals surface area (Å²) >= 11 is 0. The smallest absolute Gasteiger partial charge is 0.149 e. The number of hydrogen-bond donors (Lipinski definition) is 1. The van der Waals surface area contributed by atoms with Crippen LogP contribution in [0.1, 0.15) is 45.4 Å². The fraction of sp³-hybridized carbons (Fsp3) is 0.846. The van der Waals surface area contributed by atoms with Crippen molar-refractivity contribution in [3.63, 3.8) is 0 Å². The summed E-state index contributed by atoms with van der Waals surface area (Å²) < 4.78 is 22.9. The summed E-state index contributed by atoms with van der Waals surface area (Å²) in [5.41, 5.74) is 1.30. The fourth-order valence-corrected chi connectivity index (χ4v) is 3.32. The van der Waals surface area contributed by atoms with Crippen molar-refractivity contribution in [1.82, 2.24) is 5.32 Å². The standard InChI is InChI=1S/C13H25NO2S/c1-3-14-13(11-17(2,15)16)12-9-7-5-4-6-8-10-12/h9,13-14H,3-8,10-11H2,1-2H3. The van der Waals surface area contributed by atoms with E-state index in [9.17, 15) is 8.42 Å². The average Bonchev–Trinajstić information content (AvgIpc) is 2.14. The zero-order valence-corrected chi connectivity index (χ0v) is 11.9. The summed E-state index contributed by atoms with van der Waals surface area (Å²) in [5, 5.41) is 3.31. The van der Waals surface area contributed by atoms with Crippen molar-refractivity contribution in [1.29, 1.82) is 0 Å². The van der Waals surface area contributed by atoms with Crippen molar-refractivity contribution >= 4 is 9.84 Å². The van der Waals surface area contributed by atoms with E-state index in [1.54, 1.807) is 0 Å². The lowest BCUT2D eigenvalue weighted by Gasteiger charge is -2.22. The summed E-state index contributed by atoms with van der Waals surface area (Å²) in [5.74, 6) is 0.229. The molecule has 0 aliphatic heterocycles. The molecule has 0 spiro atoms. The second kappa shape index (κ2) is 7.17. The third-order valence-electron chi connectivity index (χ3n) is 3.19. The lowest BCUT2D eigenvalue weighted by molar-refractivity contribution is 0.549. The Morgan fingerprint density at radius 2 is 2.00 bits per heavy atom. The second-order valence-corrected chi connectivity index (χ2v) is 7.12. The van der Waals surface area contributed by atoms with Gasteiger partial charge >= 0.3 is 0 Å². The molecule has 0 aromatic rings. The van der Waals surface area contributed by atoms with Gasteiger partial charge in [0.05, 0.1) is 5.75 Å². The molecule has 0 saturated carbocycles. The highest BCUT2D eigenvalue weighted by molar-refractivity contribution is 7.90. The molecule has 3 nitrogen and oxygen atoms in total. The van der Waals surface area contributed by atoms with Crippen LogP contribution in [0.15, 0.2) is 11.6 Å². The van der Waals surface area contributed by atoms with Crippen molar-refractivity contribution in [2.75, 3.05) is 18.6 Å². The maximum Gasteiger partial charge on any atom is 0.149 e. The molecule has 4 heteroatoms. The van der Waals surface area contributed by atoms with Gasteiger partial charge in [-0.05, 0) is 32.2 Å². The molecule has 0 saturated heterocycles. The molecule has 0 aromatic carbocycles. The van der Waals surface area contributed by atoms with Gasteiger partial charge in [0.15, 0.2) is 0 Å². The first-order chi connectivity index (χ1) is 8.03. The first kappa shape index (κ1) is 14.7. The Morgan fingerprint density at radius 1 is 1.29 bits per heavy atom. The monoisotopic (exact) mass is 259 g/mol. The maximum atomic E-state index is 11.4. The van der Waals surface area contributed by atoms with Crippen LogP contribution in [0.25, 0.3) is 0 Å². The van der Waals surface area contributed by atoms with Gasteiger partial charge in [-0.1, -0.05) is 31.4 Å². The molecular weight excluding hydrogens is 234 g/mol. The van der Waals surface area contributed by atoms with Gasteiger partial charge in [0, 0.05) is 12.3 Å². The summed E-state index contributed by atoms with van der Waals surface area (Å²) in [6.07, 6.45) is 10.7. The van der Waals surface area contributed by atoms with E-state index >= 15 is 0 Å². The van der Waals surface area contributed by atoms with Crippen LogP contribution in [0.5, 0.6) is 0 Å². The first-order valence-corrected chi connectivity index (χ1v) is 8.69. The van der Waals surface area contributed by atoms with Gasteiger partial charge in [0.2, 0.25) is 0 Å². The number of sulfone groups is 1. The molecule has 1 unspecified atom stereocenters. The van der Waals surface area contributed by atoms with Crippen LogP contribution < -0.4 is 5.32 Å². The normalized spacial score (nSPS) is 20.2. The van der Waals surface area contributed by atoms with Crippen LogP contribution in [0, 0.1) is 0 Å². The number of hydrogen-bond acceptors (Lipinski definition) is 3. The third-order valence-corrected chi connectivity index (χ3v) is 4.13. The molecule has 1 rings (SSSR count). The van der Waals surface area contributed by atoms with E-state index in [0.29, 0.717) is 0 Å². The Hall–Kier alpha value is -0.350. The second-order valence-electron chi connectivity index (χ2n) is 4.93. The number of rotatable bonds is 5. The van der Waals surface area contributed by atoms with Gasteiger partial charge in [-0.15, -0.1) is 0 Å². The van der Waals surface area contributed by atoms with E-state index in [0.717, 1.165) is 19.4 Å². The highest BCUT2D eigenvalue weighted by Gasteiger charge is 2.18. The van der Waals surface area contributed by atoms with Crippen LogP contribution in [-0.4, -0.2) is 33.0 Å². The maximum absolute atomic E-state index is 11.4. The van der Waals surface area contributed by atoms with E-state index in [-0.39, 0.29) is 11.8 Å². The Balaban J connectivity index is 2.72. The SMILES string of the molecule is CCNC(CS(C)(=O)=O)C1=CCCCCCC1. The molecular formula is C13H25NO2S. The van der Waals surface area contributed by atoms with Gasteiger partial charge in [-0.3, -0.25) is 0 Å². The molecule has 0 aromatic heterocycles. The molecule has 1 aliphatic carbocycles. The zero-order valence-electron chi connectivity index (χ0n) is 11.0. The van der Waals surface area contributed by atoms with Crippen LogP contribution >= 0.6 is 0 Å². The molecule has 0 fully saturated rings. The zero-order chi connectivity index (χ0) is 12.7. The number of allylic oxidation sites excluding steroid dienone is 1. The van der Waals surface area contributed by atoms with Crippen LogP contribution in [0.4, 0.5) is 0 Å². The van der Waals surface area contributed by atoms with Crippen LogP contribution in [0.3, 0.4) is 0 Å². The minimum atomic E-state index is -2.92. The van der Waals surface area contributed by atoms with Crippen molar-refractivity contribution in [2.24, 2.45) is 0 Å². The van der Waals surface area contributed by atoms with Gasteiger partial charge in [-0.25, -0.2) is 8.42 Å². The van der Waals surface area contributed by atoms with Crippen molar-refractivity contribution in [3.8, 4) is 0 Å². The van der Waals surface area contributed by atoms with E-state index in [2.05, 4.69) is 11.4 Å². The van der Waals surface area contributed by atoms with Gasteiger partial charge in [-0.2, -0.15) is 0 Å². The quantitative estimate of drug-likeness (QED) is 0.771. The van der Waals surface area contributed by atoms with Crippen molar-refractivity contribution in [2.45, 2.75) is 51.5 Å². The molecule has 0 amide bonds. The Labute approximate surface area is 106 Å². The predicted octanol–water partition coefficient (Wildman–Crippen LogP) is 2.29. The van der Waals surface area contributed by atoms with Crippen LogP contribution in [-0.2, 0) is 9.84 Å². The summed E-state index contributed by atoms with van der Waals surface area (Å²) in [6.45, 7) is 2.84. The lowest BCUT2D eigenvalue weighted by Crippen LogP contribution is -2.37. The number of likely N-dealkylation sites (N-methyl/N-ethyl adjacent to an activating group) is 1. The molecule has 0 radical (unpaired) electrons. The Kier molecular flexibility index (Phi) is 6.20. The van der Waals surface area contributed by atoms with Crippen LogP contribution in [0.2, 0.25) is 0 Å². The van der Waals surface area contributed by atoms with Gasteiger partial charge in [0.1, 0.15) is 9.84 Å². The van der Waals surface area contributed by atoms with Gasteiger partial charge in [0.25, 0.3) is 0 Å². The van der Waals surface area contributed by atoms with E-state index in [1.807, 2.05) is 6.92 Å². The van der Waals surface area contributed by atoms with Gasteiger partial charge < -0.3 is 5.32 Å². The van der Waals surface area contributed by atoms with Crippen molar-refractivity contribution in [3.05, 3.63) is 11.6 Å². The van der Waals surface area contributed by atoms with Crippen molar-refractivity contribution < 1.29 is 8.42 Å². The molecule has 1 N–H and O–H groups in total. The Bertz CT molecular complexity index is 346. The molecule has 1 atom stereocenters.